The molecule has 1 fully saturated rings. The molecule has 0 aliphatic carbocycles. The molecule has 88 valence electrons. The SMILES string of the molecule is Cc1ccsc1CN1CCCC1CC(=O)O. The summed E-state index contributed by atoms with van der Waals surface area (Å²) in [7, 11) is 0. The fourth-order valence-electron chi connectivity index (χ4n) is 2.29. The molecule has 1 saturated heterocycles. The third-order valence-corrected chi connectivity index (χ3v) is 4.23. The topological polar surface area (TPSA) is 40.5 Å². The van der Waals surface area contributed by atoms with Gasteiger partial charge in [-0.1, -0.05) is 0 Å². The van der Waals surface area contributed by atoms with Gasteiger partial charge in [-0.05, 0) is 43.3 Å². The van der Waals surface area contributed by atoms with Crippen molar-refractivity contribution >= 4 is 17.3 Å². The second-order valence-corrected chi connectivity index (χ2v) is 5.39. The first-order valence-corrected chi connectivity index (χ1v) is 6.53. The van der Waals surface area contributed by atoms with E-state index < -0.39 is 5.97 Å². The van der Waals surface area contributed by atoms with E-state index in [-0.39, 0.29) is 12.5 Å². The highest BCUT2D eigenvalue weighted by molar-refractivity contribution is 7.10. The Bertz CT molecular complexity index is 375. The maximum atomic E-state index is 10.7. The maximum absolute atomic E-state index is 10.7. The zero-order valence-electron chi connectivity index (χ0n) is 9.48. The molecule has 0 aromatic carbocycles. The van der Waals surface area contributed by atoms with E-state index in [1.165, 1.54) is 10.4 Å². The standard InChI is InChI=1S/C12H17NO2S/c1-9-4-6-16-11(9)8-13-5-2-3-10(13)7-12(14)15/h4,6,10H,2-3,5,7-8H2,1H3,(H,14,15). The zero-order valence-corrected chi connectivity index (χ0v) is 10.3. The van der Waals surface area contributed by atoms with Crippen molar-refractivity contribution in [2.24, 2.45) is 0 Å². The lowest BCUT2D eigenvalue weighted by molar-refractivity contribution is -0.138. The van der Waals surface area contributed by atoms with E-state index in [0.29, 0.717) is 0 Å². The number of aryl methyl sites for hydroxylation is 1. The smallest absolute Gasteiger partial charge is 0.304 e. The number of carbonyl (C=O) groups is 1. The molecule has 16 heavy (non-hydrogen) atoms. The molecule has 1 aromatic heterocycles. The summed E-state index contributed by atoms with van der Waals surface area (Å²) >= 11 is 1.77. The number of carboxylic acids is 1. The Morgan fingerprint density at radius 3 is 3.12 bits per heavy atom. The van der Waals surface area contributed by atoms with E-state index in [1.54, 1.807) is 11.3 Å². The van der Waals surface area contributed by atoms with E-state index in [0.717, 1.165) is 25.9 Å². The first-order chi connectivity index (χ1) is 7.66. The van der Waals surface area contributed by atoms with Gasteiger partial charge in [0, 0.05) is 17.5 Å². The lowest BCUT2D eigenvalue weighted by atomic mass is 10.1. The van der Waals surface area contributed by atoms with E-state index >= 15 is 0 Å². The third kappa shape index (κ3) is 2.62. The van der Waals surface area contributed by atoms with Gasteiger partial charge >= 0.3 is 5.97 Å². The molecule has 1 unspecified atom stereocenters. The third-order valence-electron chi connectivity index (χ3n) is 3.22. The van der Waals surface area contributed by atoms with Crippen molar-refractivity contribution in [3.8, 4) is 0 Å². The number of carboxylic acid groups (broad SMARTS) is 1. The van der Waals surface area contributed by atoms with Gasteiger partial charge in [-0.2, -0.15) is 0 Å². The molecule has 0 bridgehead atoms. The fraction of sp³-hybridized carbons (Fsp3) is 0.583. The first-order valence-electron chi connectivity index (χ1n) is 5.65. The lowest BCUT2D eigenvalue weighted by Crippen LogP contribution is -2.30. The van der Waals surface area contributed by atoms with Crippen LogP contribution in [0.3, 0.4) is 0 Å². The normalized spacial score (nSPS) is 21.4. The highest BCUT2D eigenvalue weighted by Gasteiger charge is 2.26. The number of likely N-dealkylation sites (tertiary alicyclic amines) is 1. The summed E-state index contributed by atoms with van der Waals surface area (Å²) in [6, 6.07) is 2.36. The van der Waals surface area contributed by atoms with Gasteiger partial charge in [0.1, 0.15) is 0 Å². The van der Waals surface area contributed by atoms with E-state index in [4.69, 9.17) is 5.11 Å². The Morgan fingerprint density at radius 1 is 1.69 bits per heavy atom. The number of nitrogens with zero attached hydrogens (tertiary/aromatic N) is 1. The summed E-state index contributed by atoms with van der Waals surface area (Å²) in [6.45, 7) is 4.07. The van der Waals surface area contributed by atoms with Crippen LogP contribution < -0.4 is 0 Å². The Morgan fingerprint density at radius 2 is 2.50 bits per heavy atom. The highest BCUT2D eigenvalue weighted by Crippen LogP contribution is 2.25. The fourth-order valence-corrected chi connectivity index (χ4v) is 3.22. The van der Waals surface area contributed by atoms with Crippen LogP contribution in [-0.4, -0.2) is 28.6 Å². The van der Waals surface area contributed by atoms with E-state index in [9.17, 15) is 4.79 Å². The second kappa shape index (κ2) is 4.97. The number of aliphatic carboxylic acids is 1. The molecule has 4 heteroatoms. The average Bonchev–Trinajstić information content (AvgIpc) is 2.78. The predicted molar refractivity (Wildman–Crippen MR) is 64.7 cm³/mol. The number of hydrogen-bond donors (Lipinski definition) is 1. The van der Waals surface area contributed by atoms with Crippen LogP contribution in [0.2, 0.25) is 0 Å². The van der Waals surface area contributed by atoms with Crippen molar-refractivity contribution in [1.82, 2.24) is 4.90 Å². The molecule has 0 radical (unpaired) electrons. The van der Waals surface area contributed by atoms with Crippen molar-refractivity contribution < 1.29 is 9.90 Å². The number of hydrogen-bond acceptors (Lipinski definition) is 3. The molecule has 0 spiro atoms. The van der Waals surface area contributed by atoms with Crippen molar-refractivity contribution in [3.63, 3.8) is 0 Å². The van der Waals surface area contributed by atoms with Crippen LogP contribution in [0.4, 0.5) is 0 Å². The van der Waals surface area contributed by atoms with E-state index in [2.05, 4.69) is 23.3 Å². The summed E-state index contributed by atoms with van der Waals surface area (Å²) in [5.74, 6) is -0.681. The minimum absolute atomic E-state index is 0.235. The Labute approximate surface area is 99.7 Å². The summed E-state index contributed by atoms with van der Waals surface area (Å²) in [4.78, 5) is 14.4. The second-order valence-electron chi connectivity index (χ2n) is 4.39. The van der Waals surface area contributed by atoms with Crippen LogP contribution in [0, 0.1) is 6.92 Å². The summed E-state index contributed by atoms with van der Waals surface area (Å²) < 4.78 is 0. The Hall–Kier alpha value is -0.870. The molecule has 1 aliphatic heterocycles. The zero-order chi connectivity index (χ0) is 11.5. The van der Waals surface area contributed by atoms with Crippen molar-refractivity contribution in [1.29, 1.82) is 0 Å². The quantitative estimate of drug-likeness (QED) is 0.877. The van der Waals surface area contributed by atoms with Gasteiger partial charge in [-0.3, -0.25) is 9.69 Å². The van der Waals surface area contributed by atoms with Crippen LogP contribution >= 0.6 is 11.3 Å². The molecule has 2 heterocycles. The van der Waals surface area contributed by atoms with Gasteiger partial charge in [-0.25, -0.2) is 0 Å². The molecular weight excluding hydrogens is 222 g/mol. The Balaban J connectivity index is 1.98. The maximum Gasteiger partial charge on any atom is 0.304 e. The molecule has 0 amide bonds. The van der Waals surface area contributed by atoms with Crippen LogP contribution in [-0.2, 0) is 11.3 Å². The van der Waals surface area contributed by atoms with Gasteiger partial charge in [0.15, 0.2) is 0 Å². The van der Waals surface area contributed by atoms with Gasteiger partial charge in [0.25, 0.3) is 0 Å². The minimum atomic E-state index is -0.681. The van der Waals surface area contributed by atoms with Gasteiger partial charge in [0.05, 0.1) is 6.42 Å². The molecular formula is C12H17NO2S. The minimum Gasteiger partial charge on any atom is -0.481 e. The predicted octanol–water partition coefficient (Wildman–Crippen LogP) is 2.50. The summed E-state index contributed by atoms with van der Waals surface area (Å²) in [5, 5.41) is 11.0. The number of thiophene rings is 1. The molecule has 1 atom stereocenters. The van der Waals surface area contributed by atoms with Crippen molar-refractivity contribution in [2.45, 2.75) is 38.8 Å². The number of rotatable bonds is 4. The van der Waals surface area contributed by atoms with Gasteiger partial charge in [-0.15, -0.1) is 11.3 Å². The first kappa shape index (κ1) is 11.6. The van der Waals surface area contributed by atoms with Crippen molar-refractivity contribution in [3.05, 3.63) is 21.9 Å². The van der Waals surface area contributed by atoms with Crippen LogP contribution in [0.1, 0.15) is 29.7 Å². The largest absolute Gasteiger partial charge is 0.481 e. The Kier molecular flexibility index (Phi) is 3.61. The molecule has 0 saturated carbocycles. The molecule has 1 aromatic rings. The molecule has 2 rings (SSSR count). The van der Waals surface area contributed by atoms with Crippen LogP contribution in [0.25, 0.3) is 0 Å². The van der Waals surface area contributed by atoms with Crippen molar-refractivity contribution in [2.75, 3.05) is 6.54 Å². The van der Waals surface area contributed by atoms with Gasteiger partial charge < -0.3 is 5.11 Å². The van der Waals surface area contributed by atoms with Gasteiger partial charge in [0.2, 0.25) is 0 Å². The monoisotopic (exact) mass is 239 g/mol. The van der Waals surface area contributed by atoms with E-state index in [1.807, 2.05) is 0 Å². The van der Waals surface area contributed by atoms with Crippen LogP contribution in [0.5, 0.6) is 0 Å². The molecule has 1 N–H and O–H groups in total. The molecule has 1 aliphatic rings. The van der Waals surface area contributed by atoms with Crippen LogP contribution in [0.15, 0.2) is 11.4 Å². The summed E-state index contributed by atoms with van der Waals surface area (Å²) in [6.07, 6.45) is 2.43. The summed E-state index contributed by atoms with van der Waals surface area (Å²) in [5.41, 5.74) is 1.32. The molecule has 3 nitrogen and oxygen atoms in total. The lowest BCUT2D eigenvalue weighted by Gasteiger charge is -2.22. The highest BCUT2D eigenvalue weighted by atomic mass is 32.1. The average molecular weight is 239 g/mol.